The smallest absolute Gasteiger partial charge is 0.450 e. The molecule has 0 saturated heterocycles. The molecule has 0 aliphatic carbocycles. The number of fused-ring (bicyclic) bond motifs is 1. The van der Waals surface area contributed by atoms with Gasteiger partial charge < -0.3 is 14.9 Å². The van der Waals surface area contributed by atoms with Crippen LogP contribution in [0.2, 0.25) is 0 Å². The lowest BCUT2D eigenvalue weighted by Crippen LogP contribution is -2.22. The lowest BCUT2D eigenvalue weighted by Gasteiger charge is -2.15. The van der Waals surface area contributed by atoms with Gasteiger partial charge in [-0.25, -0.2) is 4.79 Å². The second kappa shape index (κ2) is 8.14. The molecule has 1 aromatic carbocycles. The van der Waals surface area contributed by atoms with Crippen LogP contribution in [0.5, 0.6) is 0 Å². The van der Waals surface area contributed by atoms with Crippen molar-refractivity contribution in [3.05, 3.63) is 48.2 Å². The summed E-state index contributed by atoms with van der Waals surface area (Å²) in [7, 11) is 0. The molecule has 0 spiro atoms. The van der Waals surface area contributed by atoms with Crippen LogP contribution in [-0.4, -0.2) is 33.6 Å². The molecule has 0 unspecified atom stereocenters. The first-order chi connectivity index (χ1) is 10.3. The van der Waals surface area contributed by atoms with Gasteiger partial charge in [-0.3, -0.25) is 4.98 Å². The summed E-state index contributed by atoms with van der Waals surface area (Å²) in [5.74, 6) is 0. The summed E-state index contributed by atoms with van der Waals surface area (Å²) >= 11 is 0. The van der Waals surface area contributed by atoms with E-state index in [1.807, 2.05) is 30.3 Å². The number of pyridine rings is 1. The number of para-hydroxylation sites is 1. The number of hydrogen-bond donors (Lipinski definition) is 2. The Hall–Kier alpha value is -2.40. The van der Waals surface area contributed by atoms with E-state index in [9.17, 15) is 4.79 Å². The first kappa shape index (κ1) is 17.7. The maximum absolute atomic E-state index is 9.79. The Morgan fingerprint density at radius 3 is 2.55 bits per heavy atom. The van der Waals surface area contributed by atoms with Crippen LogP contribution in [0.25, 0.3) is 17.0 Å². The van der Waals surface area contributed by atoms with E-state index in [0.29, 0.717) is 0 Å². The van der Waals surface area contributed by atoms with E-state index in [4.69, 9.17) is 10.2 Å². The van der Waals surface area contributed by atoms with Crippen LogP contribution in [0.15, 0.2) is 42.6 Å². The van der Waals surface area contributed by atoms with Gasteiger partial charge >= 0.3 is 6.16 Å². The van der Waals surface area contributed by atoms with Crippen molar-refractivity contribution in [2.45, 2.75) is 26.4 Å². The monoisotopic (exact) mass is 303 g/mol. The highest BCUT2D eigenvalue weighted by Crippen LogP contribution is 2.13. The van der Waals surface area contributed by atoms with Crippen LogP contribution in [0.3, 0.4) is 0 Å². The van der Waals surface area contributed by atoms with Gasteiger partial charge in [-0.1, -0.05) is 30.4 Å². The number of carboxylic acid groups (broad SMARTS) is 1. The normalized spacial score (nSPS) is 11.1. The average Bonchev–Trinajstić information content (AvgIpc) is 2.43. The molecule has 0 bridgehead atoms. The number of ether oxygens (including phenoxy) is 1. The molecule has 118 valence electrons. The zero-order valence-corrected chi connectivity index (χ0v) is 13.0. The minimum Gasteiger partial charge on any atom is -0.450 e. The molecule has 2 N–H and O–H groups in total. The number of aromatic nitrogens is 1. The van der Waals surface area contributed by atoms with Crippen LogP contribution < -0.4 is 0 Å². The highest BCUT2D eigenvalue weighted by atomic mass is 16.7. The van der Waals surface area contributed by atoms with E-state index in [0.717, 1.165) is 16.5 Å². The number of aliphatic hydroxyl groups is 1. The predicted octanol–water partition coefficient (Wildman–Crippen LogP) is 3.72. The molecular weight excluding hydrogens is 282 g/mol. The standard InChI is InChI=1S/C12H11NO.C5H10O3/c14-7-3-4-10-8-11-5-1-2-6-12(11)13-9-10;1-5(2,3)8-4(6)7/h1-6,8-9,14H,7H2;1-3H3,(H,6,7). The molecule has 5 heteroatoms. The second-order valence-electron chi connectivity index (χ2n) is 5.53. The summed E-state index contributed by atoms with van der Waals surface area (Å²) in [5.41, 5.74) is 1.43. The summed E-state index contributed by atoms with van der Waals surface area (Å²) in [6, 6.07) is 10.0. The lowest BCUT2D eigenvalue weighted by atomic mass is 10.1. The van der Waals surface area contributed by atoms with Crippen molar-refractivity contribution in [2.24, 2.45) is 0 Å². The second-order valence-corrected chi connectivity index (χ2v) is 5.53. The van der Waals surface area contributed by atoms with Crippen LogP contribution in [0.4, 0.5) is 4.79 Å². The maximum Gasteiger partial charge on any atom is 0.506 e. The van der Waals surface area contributed by atoms with Crippen LogP contribution in [0, 0.1) is 0 Å². The summed E-state index contributed by atoms with van der Waals surface area (Å²) < 4.78 is 4.35. The number of carbonyl (C=O) groups is 1. The highest BCUT2D eigenvalue weighted by Gasteiger charge is 2.13. The van der Waals surface area contributed by atoms with Gasteiger partial charge in [0.25, 0.3) is 0 Å². The molecule has 0 radical (unpaired) electrons. The van der Waals surface area contributed by atoms with E-state index >= 15 is 0 Å². The fourth-order valence-electron chi connectivity index (χ4n) is 1.63. The Kier molecular flexibility index (Phi) is 6.53. The van der Waals surface area contributed by atoms with Crippen LogP contribution in [-0.2, 0) is 4.74 Å². The van der Waals surface area contributed by atoms with Crippen molar-refractivity contribution < 1.29 is 19.7 Å². The molecule has 2 rings (SSSR count). The van der Waals surface area contributed by atoms with Gasteiger partial charge in [0.2, 0.25) is 0 Å². The Morgan fingerprint density at radius 2 is 2.00 bits per heavy atom. The molecule has 0 saturated carbocycles. The van der Waals surface area contributed by atoms with Crippen LogP contribution >= 0.6 is 0 Å². The number of rotatable bonds is 2. The molecule has 5 nitrogen and oxygen atoms in total. The average molecular weight is 303 g/mol. The fourth-order valence-corrected chi connectivity index (χ4v) is 1.63. The fraction of sp³-hybridized carbons (Fsp3) is 0.294. The van der Waals surface area contributed by atoms with Gasteiger partial charge in [0.1, 0.15) is 5.60 Å². The molecule has 0 aliphatic rings. The van der Waals surface area contributed by atoms with E-state index < -0.39 is 11.8 Å². The Balaban J connectivity index is 0.000000261. The van der Waals surface area contributed by atoms with E-state index in [2.05, 4.69) is 15.8 Å². The van der Waals surface area contributed by atoms with Crippen molar-refractivity contribution in [1.82, 2.24) is 4.98 Å². The quantitative estimate of drug-likeness (QED) is 0.827. The minimum atomic E-state index is -1.22. The number of aliphatic hydroxyl groups excluding tert-OH is 1. The van der Waals surface area contributed by atoms with Crippen molar-refractivity contribution in [1.29, 1.82) is 0 Å². The van der Waals surface area contributed by atoms with Gasteiger partial charge in [-0.15, -0.1) is 0 Å². The highest BCUT2D eigenvalue weighted by molar-refractivity contribution is 5.80. The Labute approximate surface area is 129 Å². The summed E-state index contributed by atoms with van der Waals surface area (Å²) in [6.45, 7) is 5.11. The third-order valence-corrected chi connectivity index (χ3v) is 2.42. The third kappa shape index (κ3) is 6.85. The molecule has 0 fully saturated rings. The van der Waals surface area contributed by atoms with Gasteiger partial charge in [0.15, 0.2) is 0 Å². The van der Waals surface area contributed by atoms with E-state index in [1.165, 1.54) is 0 Å². The van der Waals surface area contributed by atoms with E-state index in [1.54, 1.807) is 33.0 Å². The molecule has 2 aromatic rings. The molecule has 1 aromatic heterocycles. The van der Waals surface area contributed by atoms with Crippen LogP contribution in [0.1, 0.15) is 26.3 Å². The third-order valence-electron chi connectivity index (χ3n) is 2.42. The predicted molar refractivity (Wildman–Crippen MR) is 86.7 cm³/mol. The first-order valence-electron chi connectivity index (χ1n) is 6.86. The van der Waals surface area contributed by atoms with Crippen molar-refractivity contribution in [2.75, 3.05) is 6.61 Å². The topological polar surface area (TPSA) is 79.7 Å². The van der Waals surface area contributed by atoms with Gasteiger partial charge in [-0.05, 0) is 38.5 Å². The molecule has 0 atom stereocenters. The SMILES string of the molecule is CC(C)(C)OC(=O)O.OCC=Cc1cnc2ccccc2c1. The first-order valence-corrected chi connectivity index (χ1v) is 6.86. The number of benzene rings is 1. The molecular formula is C17H21NO4. The van der Waals surface area contributed by atoms with Gasteiger partial charge in [0, 0.05) is 11.6 Å². The van der Waals surface area contributed by atoms with Crippen molar-refractivity contribution in [3.8, 4) is 0 Å². The summed E-state index contributed by atoms with van der Waals surface area (Å²) in [6.07, 6.45) is 4.14. The molecule has 0 aliphatic heterocycles. The van der Waals surface area contributed by atoms with Gasteiger partial charge in [0.05, 0.1) is 12.1 Å². The van der Waals surface area contributed by atoms with Crippen molar-refractivity contribution >= 4 is 23.1 Å². The molecule has 0 amide bonds. The molecule has 1 heterocycles. The number of hydrogen-bond acceptors (Lipinski definition) is 4. The number of nitrogens with zero attached hydrogens (tertiary/aromatic N) is 1. The lowest BCUT2D eigenvalue weighted by molar-refractivity contribution is 0.0150. The zero-order chi connectivity index (χ0) is 16.6. The maximum atomic E-state index is 9.79. The Bertz CT molecular complexity index is 644. The summed E-state index contributed by atoms with van der Waals surface area (Å²) in [5, 5.41) is 17.8. The minimum absolute atomic E-state index is 0.0623. The zero-order valence-electron chi connectivity index (χ0n) is 13.0. The van der Waals surface area contributed by atoms with Gasteiger partial charge in [-0.2, -0.15) is 0 Å². The summed E-state index contributed by atoms with van der Waals surface area (Å²) in [4.78, 5) is 14.1. The Morgan fingerprint density at radius 1 is 1.32 bits per heavy atom. The van der Waals surface area contributed by atoms with Crippen molar-refractivity contribution in [3.63, 3.8) is 0 Å². The van der Waals surface area contributed by atoms with E-state index in [-0.39, 0.29) is 6.61 Å². The molecule has 22 heavy (non-hydrogen) atoms. The largest absolute Gasteiger partial charge is 0.506 e.